The fourth-order valence-electron chi connectivity index (χ4n) is 2.59. The molecule has 0 aliphatic heterocycles. The Morgan fingerprint density at radius 1 is 1.15 bits per heavy atom. The van der Waals surface area contributed by atoms with Gasteiger partial charge in [-0.05, 0) is 57.2 Å². The maximum Gasteiger partial charge on any atom is 0.360 e. The molecule has 7 heteroatoms. The van der Waals surface area contributed by atoms with Crippen LogP contribution in [-0.2, 0) is 4.74 Å². The predicted molar refractivity (Wildman–Crippen MR) is 101 cm³/mol. The van der Waals surface area contributed by atoms with Crippen LogP contribution in [0.1, 0.15) is 41.6 Å². The van der Waals surface area contributed by atoms with E-state index in [2.05, 4.69) is 10.3 Å². The van der Waals surface area contributed by atoms with E-state index in [4.69, 9.17) is 9.47 Å². The van der Waals surface area contributed by atoms with Crippen molar-refractivity contribution >= 4 is 23.3 Å². The Labute approximate surface area is 156 Å². The number of pyridine rings is 1. The smallest absolute Gasteiger partial charge is 0.360 e. The zero-order valence-electron chi connectivity index (χ0n) is 15.4. The number of benzene rings is 1. The second-order valence-corrected chi connectivity index (χ2v) is 6.10. The Morgan fingerprint density at radius 3 is 2.56 bits per heavy atom. The fraction of sp³-hybridized carbons (Fsp3) is 0.250. The van der Waals surface area contributed by atoms with Crippen molar-refractivity contribution in [2.45, 2.75) is 26.9 Å². The Kier molecular flexibility index (Phi) is 5.40. The molecule has 0 aliphatic rings. The SMILES string of the molecule is CCOC(=O)c1nc2ccccn2c1NC(=O)c1ccc(OC(C)C)cc1. The Balaban J connectivity index is 1.90. The highest BCUT2D eigenvalue weighted by atomic mass is 16.5. The first kappa shape index (κ1) is 18.4. The van der Waals surface area contributed by atoms with Crippen molar-refractivity contribution in [3.63, 3.8) is 0 Å². The minimum Gasteiger partial charge on any atom is -0.491 e. The van der Waals surface area contributed by atoms with E-state index in [1.165, 1.54) is 0 Å². The van der Waals surface area contributed by atoms with Crippen LogP contribution in [0.4, 0.5) is 5.82 Å². The molecule has 0 spiro atoms. The minimum absolute atomic E-state index is 0.0509. The molecular weight excluding hydrogens is 346 g/mol. The molecule has 0 radical (unpaired) electrons. The molecule has 3 rings (SSSR count). The third-order valence-electron chi connectivity index (χ3n) is 3.72. The fourth-order valence-corrected chi connectivity index (χ4v) is 2.59. The standard InChI is InChI=1S/C20H21N3O4/c1-4-26-20(25)17-18(23-12-6-5-7-16(23)21-17)22-19(24)14-8-10-15(11-9-14)27-13(2)3/h5-13H,4H2,1-3H3,(H,22,24). The number of amides is 1. The molecule has 0 saturated heterocycles. The lowest BCUT2D eigenvalue weighted by Crippen LogP contribution is -2.17. The van der Waals surface area contributed by atoms with E-state index in [0.717, 1.165) is 0 Å². The minimum atomic E-state index is -0.586. The van der Waals surface area contributed by atoms with Crippen molar-refractivity contribution in [2.24, 2.45) is 0 Å². The van der Waals surface area contributed by atoms with Gasteiger partial charge in [0.1, 0.15) is 11.4 Å². The normalized spacial score (nSPS) is 10.8. The van der Waals surface area contributed by atoms with Crippen LogP contribution in [0, 0.1) is 0 Å². The molecule has 0 saturated carbocycles. The van der Waals surface area contributed by atoms with Gasteiger partial charge in [0.15, 0.2) is 11.5 Å². The number of fused-ring (bicyclic) bond motifs is 1. The number of nitrogens with zero attached hydrogens (tertiary/aromatic N) is 2. The first-order valence-electron chi connectivity index (χ1n) is 8.72. The van der Waals surface area contributed by atoms with Gasteiger partial charge in [0.25, 0.3) is 5.91 Å². The summed E-state index contributed by atoms with van der Waals surface area (Å²) in [5.41, 5.74) is 1.04. The van der Waals surface area contributed by atoms with Gasteiger partial charge in [-0.25, -0.2) is 9.78 Å². The molecule has 27 heavy (non-hydrogen) atoms. The largest absolute Gasteiger partial charge is 0.491 e. The zero-order valence-corrected chi connectivity index (χ0v) is 15.4. The van der Waals surface area contributed by atoms with Crippen molar-refractivity contribution in [3.8, 4) is 5.75 Å². The number of carbonyl (C=O) groups excluding carboxylic acids is 2. The summed E-state index contributed by atoms with van der Waals surface area (Å²) in [6, 6.07) is 12.1. The monoisotopic (exact) mass is 367 g/mol. The average Bonchev–Trinajstić information content (AvgIpc) is 3.01. The van der Waals surface area contributed by atoms with Crippen molar-refractivity contribution < 1.29 is 19.1 Å². The van der Waals surface area contributed by atoms with Crippen molar-refractivity contribution in [1.82, 2.24) is 9.38 Å². The topological polar surface area (TPSA) is 81.9 Å². The van der Waals surface area contributed by atoms with E-state index in [0.29, 0.717) is 17.0 Å². The molecule has 0 unspecified atom stereocenters. The van der Waals surface area contributed by atoms with Gasteiger partial charge < -0.3 is 14.8 Å². The van der Waals surface area contributed by atoms with Crippen LogP contribution in [-0.4, -0.2) is 34.0 Å². The molecular formula is C20H21N3O4. The number of nitrogens with one attached hydrogen (secondary N) is 1. The summed E-state index contributed by atoms with van der Waals surface area (Å²) < 4.78 is 12.3. The van der Waals surface area contributed by atoms with Gasteiger partial charge in [-0.1, -0.05) is 6.07 Å². The van der Waals surface area contributed by atoms with Crippen molar-refractivity contribution in [2.75, 3.05) is 11.9 Å². The van der Waals surface area contributed by atoms with Gasteiger partial charge >= 0.3 is 5.97 Å². The van der Waals surface area contributed by atoms with E-state index < -0.39 is 5.97 Å². The van der Waals surface area contributed by atoms with Crippen LogP contribution < -0.4 is 10.1 Å². The van der Waals surface area contributed by atoms with Gasteiger partial charge in [0, 0.05) is 11.8 Å². The van der Waals surface area contributed by atoms with Crippen LogP contribution in [0.25, 0.3) is 5.65 Å². The number of anilines is 1. The maximum absolute atomic E-state index is 12.7. The molecule has 1 N–H and O–H groups in total. The molecule has 3 aromatic rings. The van der Waals surface area contributed by atoms with Crippen LogP contribution in [0.5, 0.6) is 5.75 Å². The number of esters is 1. The van der Waals surface area contributed by atoms with Crippen LogP contribution >= 0.6 is 0 Å². The molecule has 0 fully saturated rings. The lowest BCUT2D eigenvalue weighted by Gasteiger charge is -2.10. The highest BCUT2D eigenvalue weighted by Crippen LogP contribution is 2.21. The Morgan fingerprint density at radius 2 is 1.89 bits per heavy atom. The molecule has 1 aromatic carbocycles. The van der Waals surface area contributed by atoms with Crippen LogP contribution in [0.2, 0.25) is 0 Å². The molecule has 0 bridgehead atoms. The second kappa shape index (κ2) is 7.90. The van der Waals surface area contributed by atoms with Gasteiger partial charge in [-0.2, -0.15) is 0 Å². The predicted octanol–water partition coefficient (Wildman–Crippen LogP) is 3.55. The first-order valence-corrected chi connectivity index (χ1v) is 8.72. The van der Waals surface area contributed by atoms with Gasteiger partial charge in [0.05, 0.1) is 12.7 Å². The lowest BCUT2D eigenvalue weighted by atomic mass is 10.2. The van der Waals surface area contributed by atoms with E-state index in [1.807, 2.05) is 13.8 Å². The Hall–Kier alpha value is -3.35. The number of imidazole rings is 1. The average molecular weight is 367 g/mol. The lowest BCUT2D eigenvalue weighted by molar-refractivity contribution is 0.0521. The summed E-state index contributed by atoms with van der Waals surface area (Å²) in [6.45, 7) is 5.80. The number of aromatic nitrogens is 2. The molecule has 0 aliphatic carbocycles. The summed E-state index contributed by atoms with van der Waals surface area (Å²) >= 11 is 0. The number of carbonyl (C=O) groups is 2. The zero-order chi connectivity index (χ0) is 19.4. The number of hydrogen-bond acceptors (Lipinski definition) is 5. The van der Waals surface area contributed by atoms with E-state index in [-0.39, 0.29) is 30.1 Å². The molecule has 0 atom stereocenters. The highest BCUT2D eigenvalue weighted by Gasteiger charge is 2.22. The molecule has 2 aromatic heterocycles. The van der Waals surface area contributed by atoms with Crippen LogP contribution in [0.15, 0.2) is 48.7 Å². The number of hydrogen-bond donors (Lipinski definition) is 1. The highest BCUT2D eigenvalue weighted by molar-refractivity contribution is 6.07. The molecule has 140 valence electrons. The van der Waals surface area contributed by atoms with Gasteiger partial charge in [-0.15, -0.1) is 0 Å². The number of ether oxygens (including phenoxy) is 2. The van der Waals surface area contributed by atoms with Crippen molar-refractivity contribution in [1.29, 1.82) is 0 Å². The quantitative estimate of drug-likeness (QED) is 0.674. The van der Waals surface area contributed by atoms with E-state index in [9.17, 15) is 9.59 Å². The third-order valence-corrected chi connectivity index (χ3v) is 3.72. The Bertz CT molecular complexity index is 961. The van der Waals surface area contributed by atoms with Crippen molar-refractivity contribution in [3.05, 3.63) is 59.9 Å². The molecule has 7 nitrogen and oxygen atoms in total. The maximum atomic E-state index is 12.7. The molecule has 1 amide bonds. The van der Waals surface area contributed by atoms with Gasteiger partial charge in [0.2, 0.25) is 0 Å². The molecule has 2 heterocycles. The van der Waals surface area contributed by atoms with Crippen LogP contribution in [0.3, 0.4) is 0 Å². The summed E-state index contributed by atoms with van der Waals surface area (Å²) in [6.07, 6.45) is 1.77. The summed E-state index contributed by atoms with van der Waals surface area (Å²) in [5, 5.41) is 2.77. The first-order chi connectivity index (χ1) is 13.0. The summed E-state index contributed by atoms with van der Waals surface area (Å²) in [7, 11) is 0. The van der Waals surface area contributed by atoms with E-state index in [1.54, 1.807) is 60.0 Å². The second-order valence-electron chi connectivity index (χ2n) is 6.10. The number of rotatable bonds is 6. The van der Waals surface area contributed by atoms with Gasteiger partial charge in [-0.3, -0.25) is 9.20 Å². The van der Waals surface area contributed by atoms with E-state index >= 15 is 0 Å². The third kappa shape index (κ3) is 4.08. The summed E-state index contributed by atoms with van der Waals surface area (Å²) in [4.78, 5) is 29.2. The summed E-state index contributed by atoms with van der Waals surface area (Å²) in [5.74, 6) is 0.0135.